The van der Waals surface area contributed by atoms with Gasteiger partial charge in [0.2, 0.25) is 0 Å². The van der Waals surface area contributed by atoms with Gasteiger partial charge in [0, 0.05) is 6.61 Å². The molecule has 0 N–H and O–H groups in total. The van der Waals surface area contributed by atoms with Crippen LogP contribution in [0.4, 0.5) is 0 Å². The van der Waals surface area contributed by atoms with Crippen LogP contribution in [0.3, 0.4) is 0 Å². The van der Waals surface area contributed by atoms with E-state index in [1.807, 2.05) is 0 Å². The molecule has 0 unspecified atom stereocenters. The second kappa shape index (κ2) is 4.73. The highest BCUT2D eigenvalue weighted by molar-refractivity contribution is 4.71. The smallest absolute Gasteiger partial charge is 0.0597 e. The Morgan fingerprint density at radius 1 is 1.45 bits per heavy atom. The van der Waals surface area contributed by atoms with Crippen LogP contribution in [0.5, 0.6) is 0 Å². The summed E-state index contributed by atoms with van der Waals surface area (Å²) in [6.45, 7) is 5.25. The van der Waals surface area contributed by atoms with Gasteiger partial charge in [0.1, 0.15) is 0 Å². The van der Waals surface area contributed by atoms with Gasteiger partial charge in [-0.2, -0.15) is 0 Å². The Hall–Kier alpha value is -0.0800. The van der Waals surface area contributed by atoms with Gasteiger partial charge >= 0.3 is 0 Å². The van der Waals surface area contributed by atoms with E-state index in [-0.39, 0.29) is 0 Å². The first kappa shape index (κ1) is 9.01. The predicted octanol–water partition coefficient (Wildman–Crippen LogP) is 1.67. The monoisotopic (exact) mass is 156 g/mol. The molecule has 2 heteroatoms. The van der Waals surface area contributed by atoms with Crippen molar-refractivity contribution in [3.63, 3.8) is 0 Å². The van der Waals surface area contributed by atoms with Crippen LogP contribution >= 0.6 is 0 Å². The van der Waals surface area contributed by atoms with Crippen molar-refractivity contribution in [3.05, 3.63) is 7.05 Å². The summed E-state index contributed by atoms with van der Waals surface area (Å²) in [7, 11) is 3.89. The largest absolute Gasteiger partial charge is 0.459 e. The zero-order valence-electron chi connectivity index (χ0n) is 7.38. The summed E-state index contributed by atoms with van der Waals surface area (Å²) in [4.78, 5) is 2.12. The Kier molecular flexibility index (Phi) is 3.87. The molecule has 1 heterocycles. The van der Waals surface area contributed by atoms with Crippen LogP contribution in [0.2, 0.25) is 0 Å². The predicted molar refractivity (Wildman–Crippen MR) is 46.2 cm³/mol. The standard InChI is InChI=1S/C9H18NO/c1-3-8-11-9-4-6-10(2)7-5-9/h9H,2-8H2,1H3/q-1. The van der Waals surface area contributed by atoms with Crippen molar-refractivity contribution in [3.8, 4) is 0 Å². The van der Waals surface area contributed by atoms with Gasteiger partial charge in [0.05, 0.1) is 6.10 Å². The summed E-state index contributed by atoms with van der Waals surface area (Å²) < 4.78 is 5.63. The van der Waals surface area contributed by atoms with Gasteiger partial charge in [-0.25, -0.2) is 0 Å². The Balaban J connectivity index is 2.07. The van der Waals surface area contributed by atoms with E-state index in [0.717, 1.165) is 39.0 Å². The minimum absolute atomic E-state index is 0.507. The lowest BCUT2D eigenvalue weighted by Gasteiger charge is -2.34. The third kappa shape index (κ3) is 3.21. The molecule has 66 valence electrons. The average molecular weight is 156 g/mol. The van der Waals surface area contributed by atoms with E-state index in [0.29, 0.717) is 6.10 Å². The molecule has 0 aromatic rings. The lowest BCUT2D eigenvalue weighted by atomic mass is 10.1. The van der Waals surface area contributed by atoms with Crippen molar-refractivity contribution in [2.45, 2.75) is 32.3 Å². The molecule has 0 aliphatic carbocycles. The van der Waals surface area contributed by atoms with Crippen molar-refractivity contribution < 1.29 is 4.74 Å². The Labute approximate surface area is 69.5 Å². The first-order valence-electron chi connectivity index (χ1n) is 4.50. The van der Waals surface area contributed by atoms with Crippen LogP contribution in [-0.4, -0.2) is 30.7 Å². The van der Waals surface area contributed by atoms with Gasteiger partial charge in [-0.1, -0.05) is 6.92 Å². The third-order valence-corrected chi connectivity index (χ3v) is 2.09. The van der Waals surface area contributed by atoms with Crippen LogP contribution in [0.15, 0.2) is 0 Å². The molecule has 0 aromatic heterocycles. The van der Waals surface area contributed by atoms with Crippen molar-refractivity contribution in [1.29, 1.82) is 0 Å². The average Bonchev–Trinajstić information content (AvgIpc) is 2.04. The van der Waals surface area contributed by atoms with E-state index in [1.54, 1.807) is 0 Å². The lowest BCUT2D eigenvalue weighted by molar-refractivity contribution is 0.0159. The van der Waals surface area contributed by atoms with E-state index >= 15 is 0 Å². The van der Waals surface area contributed by atoms with Gasteiger partial charge in [-0.05, 0) is 32.4 Å². The van der Waals surface area contributed by atoms with Crippen LogP contribution in [0, 0.1) is 7.05 Å². The fourth-order valence-corrected chi connectivity index (χ4v) is 1.36. The van der Waals surface area contributed by atoms with Gasteiger partial charge in [-0.15, -0.1) is 0 Å². The summed E-state index contributed by atoms with van der Waals surface area (Å²) >= 11 is 0. The fraction of sp³-hybridized carbons (Fsp3) is 0.889. The molecule has 1 rings (SSSR count). The number of ether oxygens (including phenoxy) is 1. The van der Waals surface area contributed by atoms with Gasteiger partial charge < -0.3 is 9.64 Å². The van der Waals surface area contributed by atoms with E-state index < -0.39 is 0 Å². The molecule has 1 saturated heterocycles. The van der Waals surface area contributed by atoms with Crippen LogP contribution in [0.25, 0.3) is 0 Å². The summed E-state index contributed by atoms with van der Waals surface area (Å²) in [6.07, 6.45) is 3.95. The van der Waals surface area contributed by atoms with E-state index in [2.05, 4.69) is 18.9 Å². The van der Waals surface area contributed by atoms with Crippen molar-refractivity contribution in [2.24, 2.45) is 0 Å². The van der Waals surface area contributed by atoms with Crippen molar-refractivity contribution in [2.75, 3.05) is 19.7 Å². The minimum Gasteiger partial charge on any atom is -0.459 e. The Morgan fingerprint density at radius 2 is 2.09 bits per heavy atom. The molecule has 0 bridgehead atoms. The number of rotatable bonds is 3. The maximum atomic E-state index is 5.63. The quantitative estimate of drug-likeness (QED) is 0.576. The molecule has 0 atom stereocenters. The molecule has 2 nitrogen and oxygen atoms in total. The summed E-state index contributed by atoms with van der Waals surface area (Å²) in [6, 6.07) is 0. The zero-order valence-corrected chi connectivity index (χ0v) is 7.38. The van der Waals surface area contributed by atoms with Crippen molar-refractivity contribution >= 4 is 0 Å². The molecule has 0 aromatic carbocycles. The maximum absolute atomic E-state index is 5.63. The van der Waals surface area contributed by atoms with Crippen LogP contribution in [-0.2, 0) is 4.74 Å². The summed E-state index contributed by atoms with van der Waals surface area (Å²) in [5.74, 6) is 0. The minimum atomic E-state index is 0.507. The zero-order chi connectivity index (χ0) is 8.10. The number of nitrogens with zero attached hydrogens (tertiary/aromatic N) is 1. The van der Waals surface area contributed by atoms with Crippen LogP contribution in [0.1, 0.15) is 26.2 Å². The topological polar surface area (TPSA) is 12.5 Å². The van der Waals surface area contributed by atoms with Gasteiger partial charge in [-0.3, -0.25) is 7.05 Å². The van der Waals surface area contributed by atoms with E-state index in [1.165, 1.54) is 0 Å². The molecule has 1 aliphatic rings. The van der Waals surface area contributed by atoms with Crippen LogP contribution < -0.4 is 0 Å². The summed E-state index contributed by atoms with van der Waals surface area (Å²) in [5, 5.41) is 0. The molecule has 1 fully saturated rings. The first-order chi connectivity index (χ1) is 5.33. The highest BCUT2D eigenvalue weighted by Gasteiger charge is 2.13. The molecule has 11 heavy (non-hydrogen) atoms. The first-order valence-corrected chi connectivity index (χ1v) is 4.50. The Bertz CT molecular complexity index is 95.0. The molecule has 0 spiro atoms. The fourth-order valence-electron chi connectivity index (χ4n) is 1.36. The Morgan fingerprint density at radius 3 is 2.64 bits per heavy atom. The number of piperidine rings is 1. The number of hydrogen-bond donors (Lipinski definition) is 0. The molecule has 1 aliphatic heterocycles. The second-order valence-corrected chi connectivity index (χ2v) is 3.19. The van der Waals surface area contributed by atoms with E-state index in [9.17, 15) is 0 Å². The maximum Gasteiger partial charge on any atom is 0.0597 e. The summed E-state index contributed by atoms with van der Waals surface area (Å²) in [5.41, 5.74) is 0. The molecule has 0 amide bonds. The van der Waals surface area contributed by atoms with Gasteiger partial charge in [0.25, 0.3) is 0 Å². The second-order valence-electron chi connectivity index (χ2n) is 3.19. The molecular weight excluding hydrogens is 138 g/mol. The highest BCUT2D eigenvalue weighted by Crippen LogP contribution is 2.12. The molecule has 0 saturated carbocycles. The molecular formula is C9H18NO-. The van der Waals surface area contributed by atoms with Crippen molar-refractivity contribution in [1.82, 2.24) is 4.90 Å². The van der Waals surface area contributed by atoms with Gasteiger partial charge in [0.15, 0.2) is 0 Å². The SMILES string of the molecule is [CH2-]N1CCC(OCCC)CC1. The number of likely N-dealkylation sites (tertiary alicyclic amines) is 1. The normalized spacial score (nSPS) is 22.4. The van der Waals surface area contributed by atoms with E-state index in [4.69, 9.17) is 4.74 Å². The molecule has 0 radical (unpaired) electrons. The third-order valence-electron chi connectivity index (χ3n) is 2.09. The highest BCUT2D eigenvalue weighted by atomic mass is 16.5. The number of hydrogen-bond acceptors (Lipinski definition) is 2. The lowest BCUT2D eigenvalue weighted by Crippen LogP contribution is -2.33.